The fraction of sp³-hybridized carbons (Fsp3) is 0.0769. The number of nitrogens with one attached hydrogen (secondary N) is 3. The van der Waals surface area contributed by atoms with Crippen molar-refractivity contribution in [2.45, 2.75) is 10.1 Å². The Labute approximate surface area is 307 Å². The van der Waals surface area contributed by atoms with Crippen molar-refractivity contribution in [2.75, 3.05) is 24.9 Å². The number of rotatable bonds is 13. The number of carbonyl (C=O) groups is 3. The summed E-state index contributed by atoms with van der Waals surface area (Å²) in [4.78, 5) is 47.2. The zero-order chi connectivity index (χ0) is 35.6. The minimum absolute atomic E-state index is 0.0135. The van der Waals surface area contributed by atoms with Gasteiger partial charge in [-0.05, 0) is 71.6 Å². The maximum atomic E-state index is 13.8. The van der Waals surface area contributed by atoms with Crippen molar-refractivity contribution in [3.63, 3.8) is 0 Å². The quantitative estimate of drug-likeness (QED) is 0.0803. The van der Waals surface area contributed by atoms with Gasteiger partial charge >= 0.3 is 0 Å². The van der Waals surface area contributed by atoms with Gasteiger partial charge < -0.3 is 25.4 Å². The fourth-order valence-corrected chi connectivity index (χ4v) is 7.53. The highest BCUT2D eigenvalue weighted by Gasteiger charge is 2.24. The monoisotopic (exact) mass is 732 g/mol. The molecule has 9 nitrogen and oxygen atoms in total. The number of carbonyl (C=O) groups excluding carboxylic acids is 3. The minimum atomic E-state index is -0.618. The third-order valence-corrected chi connectivity index (χ3v) is 10.4. The van der Waals surface area contributed by atoms with Crippen molar-refractivity contribution >= 4 is 69.1 Å². The first kappa shape index (κ1) is 35.1. The normalized spacial score (nSPS) is 11.7. The maximum Gasteiger partial charge on any atom is 0.272 e. The number of anilines is 2. The molecule has 1 atom stereocenters. The third kappa shape index (κ3) is 9.11. The van der Waals surface area contributed by atoms with E-state index < -0.39 is 17.1 Å². The highest BCUT2D eigenvalue weighted by Crippen LogP contribution is 2.38. The highest BCUT2D eigenvalue weighted by atomic mass is 32.2. The first-order valence-corrected chi connectivity index (χ1v) is 18.3. The highest BCUT2D eigenvalue weighted by molar-refractivity contribution is 8.00. The Morgan fingerprint density at radius 2 is 1.59 bits per heavy atom. The lowest BCUT2D eigenvalue weighted by molar-refractivity contribution is -0.116. The van der Waals surface area contributed by atoms with Crippen molar-refractivity contribution in [3.8, 4) is 22.1 Å². The predicted octanol–water partition coefficient (Wildman–Crippen LogP) is 8.77. The van der Waals surface area contributed by atoms with Crippen molar-refractivity contribution in [1.29, 1.82) is 0 Å². The second-order valence-corrected chi connectivity index (χ2v) is 13.9. The summed E-state index contributed by atoms with van der Waals surface area (Å²) in [6.45, 7) is 0. The molecule has 0 fully saturated rings. The first-order chi connectivity index (χ1) is 24.9. The zero-order valence-corrected chi connectivity index (χ0v) is 29.9. The van der Waals surface area contributed by atoms with E-state index in [1.807, 2.05) is 59.3 Å². The van der Waals surface area contributed by atoms with E-state index in [-0.39, 0.29) is 11.6 Å². The molecule has 4 aromatic carbocycles. The number of benzene rings is 4. The number of ether oxygens (including phenoxy) is 2. The molecule has 0 spiro atoms. The van der Waals surface area contributed by atoms with Gasteiger partial charge in [-0.2, -0.15) is 0 Å². The number of methoxy groups -OCH3 is 2. The lowest BCUT2D eigenvalue weighted by Crippen LogP contribution is -2.30. The molecule has 256 valence electrons. The third-order valence-electron chi connectivity index (χ3n) is 7.46. The second-order valence-electron chi connectivity index (χ2n) is 10.9. The molecule has 0 radical (unpaired) electrons. The minimum Gasteiger partial charge on any atom is -0.497 e. The van der Waals surface area contributed by atoms with Crippen LogP contribution in [0.5, 0.6) is 11.5 Å². The number of hydrogen-bond donors (Lipinski definition) is 3. The standard InChI is InChI=1S/C39H32N4O5S3/c1-47-29-18-19-33(48-2)27(21-29)22-31(41-36(44)26-13-7-4-8-14-26)37(45)40-28-15-9-16-30(23-28)51-35(25-11-5-3-6-12-25)38(46)43-39-42-32(24-50-39)34-17-10-20-49-34/h3-24,35H,1-2H3,(H,40,45)(H,41,44)(H,42,43,46)/b31-22+. The molecule has 6 aromatic rings. The Balaban J connectivity index is 1.24. The van der Waals surface area contributed by atoms with Gasteiger partial charge in [-0.1, -0.05) is 60.7 Å². The van der Waals surface area contributed by atoms with E-state index >= 15 is 0 Å². The van der Waals surface area contributed by atoms with Gasteiger partial charge in [-0.25, -0.2) is 4.98 Å². The van der Waals surface area contributed by atoms with E-state index in [2.05, 4.69) is 20.9 Å². The topological polar surface area (TPSA) is 119 Å². The second kappa shape index (κ2) is 16.8. The van der Waals surface area contributed by atoms with Crippen molar-refractivity contribution in [1.82, 2.24) is 10.3 Å². The zero-order valence-electron chi connectivity index (χ0n) is 27.5. The molecule has 0 saturated heterocycles. The van der Waals surface area contributed by atoms with Crippen LogP contribution in [0.2, 0.25) is 0 Å². The van der Waals surface area contributed by atoms with E-state index in [4.69, 9.17) is 9.47 Å². The molecular weight excluding hydrogens is 701 g/mol. The largest absolute Gasteiger partial charge is 0.497 e. The van der Waals surface area contributed by atoms with Crippen LogP contribution in [-0.4, -0.2) is 36.9 Å². The SMILES string of the molecule is COc1ccc(OC)c(/C=C(/NC(=O)c2ccccc2)C(=O)Nc2cccc(SC(C(=O)Nc3nc(-c4cccs4)cs3)c3ccccc3)c2)c1. The van der Waals surface area contributed by atoms with Gasteiger partial charge in [0.1, 0.15) is 22.4 Å². The molecule has 51 heavy (non-hydrogen) atoms. The Bertz CT molecular complexity index is 2150. The molecule has 0 saturated carbocycles. The number of thiophene rings is 1. The van der Waals surface area contributed by atoms with Crippen LogP contribution in [0, 0.1) is 0 Å². The van der Waals surface area contributed by atoms with Crippen LogP contribution in [0.25, 0.3) is 16.6 Å². The maximum absolute atomic E-state index is 13.8. The fourth-order valence-electron chi connectivity index (χ4n) is 4.97. The van der Waals surface area contributed by atoms with Gasteiger partial charge in [0.2, 0.25) is 5.91 Å². The summed E-state index contributed by atoms with van der Waals surface area (Å²) in [5.41, 5.74) is 2.99. The summed E-state index contributed by atoms with van der Waals surface area (Å²) in [5.74, 6) is -0.208. The van der Waals surface area contributed by atoms with Gasteiger partial charge in [0, 0.05) is 27.1 Å². The van der Waals surface area contributed by atoms with Crippen molar-refractivity contribution < 1.29 is 23.9 Å². The van der Waals surface area contributed by atoms with E-state index in [1.54, 1.807) is 78.1 Å². The summed E-state index contributed by atoms with van der Waals surface area (Å²) in [7, 11) is 3.06. The molecule has 0 bridgehead atoms. The number of nitrogens with zero attached hydrogens (tertiary/aromatic N) is 1. The van der Waals surface area contributed by atoms with Crippen molar-refractivity contribution in [2.24, 2.45) is 0 Å². The van der Waals surface area contributed by atoms with Crippen LogP contribution >= 0.6 is 34.4 Å². The van der Waals surface area contributed by atoms with Crippen LogP contribution in [0.3, 0.4) is 0 Å². The molecule has 3 N–H and O–H groups in total. The lowest BCUT2D eigenvalue weighted by Gasteiger charge is -2.17. The summed E-state index contributed by atoms with van der Waals surface area (Å²) in [6.07, 6.45) is 1.54. The summed E-state index contributed by atoms with van der Waals surface area (Å²) < 4.78 is 10.9. The smallest absolute Gasteiger partial charge is 0.272 e. The molecule has 0 aliphatic rings. The average molecular weight is 733 g/mol. The number of aromatic nitrogens is 1. The molecule has 2 heterocycles. The number of amides is 3. The Morgan fingerprint density at radius 3 is 2.31 bits per heavy atom. The van der Waals surface area contributed by atoms with Gasteiger partial charge in [0.25, 0.3) is 11.8 Å². The van der Waals surface area contributed by atoms with Crippen molar-refractivity contribution in [3.05, 3.63) is 148 Å². The molecule has 6 rings (SSSR count). The molecule has 0 aliphatic carbocycles. The molecule has 2 aromatic heterocycles. The Hall–Kier alpha value is -5.69. The van der Waals surface area contributed by atoms with Gasteiger partial charge in [-0.15, -0.1) is 34.4 Å². The lowest BCUT2D eigenvalue weighted by atomic mass is 10.1. The van der Waals surface area contributed by atoms with Crippen LogP contribution < -0.4 is 25.4 Å². The van der Waals surface area contributed by atoms with E-state index in [9.17, 15) is 14.4 Å². The van der Waals surface area contributed by atoms with E-state index in [1.165, 1.54) is 43.4 Å². The molecule has 1 unspecified atom stereocenters. The molecule has 0 aliphatic heterocycles. The summed E-state index contributed by atoms with van der Waals surface area (Å²) in [6, 6.07) is 34.4. The van der Waals surface area contributed by atoms with Gasteiger partial charge in [0.05, 0.1) is 24.8 Å². The number of thiazole rings is 1. The number of hydrogen-bond acceptors (Lipinski definition) is 9. The Morgan fingerprint density at radius 1 is 0.804 bits per heavy atom. The predicted molar refractivity (Wildman–Crippen MR) is 206 cm³/mol. The first-order valence-electron chi connectivity index (χ1n) is 15.6. The van der Waals surface area contributed by atoms with Crippen LogP contribution in [0.1, 0.15) is 26.7 Å². The van der Waals surface area contributed by atoms with E-state index in [0.717, 1.165) is 21.0 Å². The number of thioether (sulfide) groups is 1. The summed E-state index contributed by atoms with van der Waals surface area (Å²) >= 11 is 4.30. The van der Waals surface area contributed by atoms with Gasteiger partial charge in [0.15, 0.2) is 5.13 Å². The van der Waals surface area contributed by atoms with Gasteiger partial charge in [-0.3, -0.25) is 14.4 Å². The average Bonchev–Trinajstić information content (AvgIpc) is 3.87. The Kier molecular flexibility index (Phi) is 11.6. The molecule has 12 heteroatoms. The van der Waals surface area contributed by atoms with Crippen LogP contribution in [-0.2, 0) is 9.59 Å². The van der Waals surface area contributed by atoms with Crippen LogP contribution in [0.15, 0.2) is 137 Å². The molecular formula is C39H32N4O5S3. The van der Waals surface area contributed by atoms with Crippen LogP contribution in [0.4, 0.5) is 10.8 Å². The summed E-state index contributed by atoms with van der Waals surface area (Å²) in [5, 5.41) is 12.5. The van der Waals surface area contributed by atoms with E-state index in [0.29, 0.717) is 33.4 Å². The molecule has 3 amide bonds.